The van der Waals surface area contributed by atoms with Gasteiger partial charge in [0.05, 0.1) is 0 Å². The summed E-state index contributed by atoms with van der Waals surface area (Å²) in [5.41, 5.74) is 0.994. The van der Waals surface area contributed by atoms with Crippen molar-refractivity contribution in [2.24, 2.45) is 0 Å². The lowest BCUT2D eigenvalue weighted by molar-refractivity contribution is 0.604. The molecule has 0 spiro atoms. The van der Waals surface area contributed by atoms with Crippen LogP contribution in [0.1, 0.15) is 58.8 Å². The van der Waals surface area contributed by atoms with Crippen LogP contribution in [0.15, 0.2) is 0 Å². The Balaban J connectivity index is 2.25. The van der Waals surface area contributed by atoms with Crippen molar-refractivity contribution in [3.8, 4) is 0 Å². The topological polar surface area (TPSA) is 0 Å². The van der Waals surface area contributed by atoms with Crippen LogP contribution in [-0.2, 0) is 0 Å². The SMILES string of the molecule is CC(C)P1CCCCCCCCCPP1. The Morgan fingerprint density at radius 2 is 1.47 bits per heavy atom. The van der Waals surface area contributed by atoms with Crippen LogP contribution in [0.2, 0.25) is 0 Å². The lowest BCUT2D eigenvalue weighted by Gasteiger charge is -2.22. The summed E-state index contributed by atoms with van der Waals surface area (Å²) < 4.78 is 0. The molecule has 1 aliphatic rings. The van der Waals surface area contributed by atoms with E-state index in [0.29, 0.717) is 7.61 Å². The van der Waals surface area contributed by atoms with Gasteiger partial charge in [0.25, 0.3) is 0 Å². The minimum atomic E-state index is 0.416. The molecule has 15 heavy (non-hydrogen) atoms. The summed E-state index contributed by atoms with van der Waals surface area (Å²) in [6.07, 6.45) is 13.7. The second kappa shape index (κ2) is 9.33. The van der Waals surface area contributed by atoms with Crippen molar-refractivity contribution < 1.29 is 0 Å². The van der Waals surface area contributed by atoms with Crippen molar-refractivity contribution in [2.75, 3.05) is 12.3 Å². The molecule has 3 unspecified atom stereocenters. The maximum absolute atomic E-state index is 2.45. The summed E-state index contributed by atoms with van der Waals surface area (Å²) in [6, 6.07) is 0. The highest BCUT2D eigenvalue weighted by Crippen LogP contribution is 2.68. The van der Waals surface area contributed by atoms with Crippen LogP contribution in [0.4, 0.5) is 0 Å². The molecule has 0 nitrogen and oxygen atoms in total. The van der Waals surface area contributed by atoms with E-state index in [4.69, 9.17) is 0 Å². The third kappa shape index (κ3) is 7.26. The zero-order chi connectivity index (χ0) is 10.9. The highest BCUT2D eigenvalue weighted by atomic mass is 32.4. The quantitative estimate of drug-likeness (QED) is 0.524. The predicted molar refractivity (Wildman–Crippen MR) is 80.7 cm³/mol. The van der Waals surface area contributed by atoms with Gasteiger partial charge in [-0.25, -0.2) is 0 Å². The van der Waals surface area contributed by atoms with Crippen molar-refractivity contribution in [1.29, 1.82) is 0 Å². The normalized spacial score (nSPS) is 30.2. The van der Waals surface area contributed by atoms with Crippen LogP contribution in [-0.4, -0.2) is 18.0 Å². The van der Waals surface area contributed by atoms with Crippen LogP contribution in [0.25, 0.3) is 0 Å². The van der Waals surface area contributed by atoms with E-state index < -0.39 is 0 Å². The molecule has 1 heterocycles. The van der Waals surface area contributed by atoms with Crippen molar-refractivity contribution in [3.05, 3.63) is 0 Å². The molecule has 0 aliphatic carbocycles. The molecule has 0 aromatic rings. The lowest BCUT2D eigenvalue weighted by Crippen LogP contribution is -1.94. The molecule has 3 heteroatoms. The van der Waals surface area contributed by atoms with Crippen LogP contribution in [0, 0.1) is 0 Å². The van der Waals surface area contributed by atoms with Gasteiger partial charge in [0.15, 0.2) is 0 Å². The summed E-state index contributed by atoms with van der Waals surface area (Å²) >= 11 is 0. The minimum absolute atomic E-state index is 0.416. The van der Waals surface area contributed by atoms with E-state index in [1.165, 1.54) is 61.2 Å². The standard InChI is InChI=1S/C12H27P3/c1-12(2)15-11-9-7-5-3-4-6-8-10-13-14-15/h12-14H,3-11H2,1-2H3. The molecular formula is C12H27P3. The van der Waals surface area contributed by atoms with Crippen molar-refractivity contribution in [2.45, 2.75) is 64.5 Å². The smallest absolute Gasteiger partial charge is 0.0227 e. The van der Waals surface area contributed by atoms with Gasteiger partial charge in [-0.3, -0.25) is 0 Å². The first-order valence-electron chi connectivity index (χ1n) is 6.56. The predicted octanol–water partition coefficient (Wildman–Crippen LogP) is 5.81. The summed E-state index contributed by atoms with van der Waals surface area (Å²) in [4.78, 5) is 0. The van der Waals surface area contributed by atoms with Gasteiger partial charge in [-0.1, -0.05) is 69.8 Å². The lowest BCUT2D eigenvalue weighted by atomic mass is 10.1. The molecule has 0 radical (unpaired) electrons. The molecule has 0 saturated carbocycles. The second-order valence-electron chi connectivity index (χ2n) is 4.80. The Morgan fingerprint density at radius 1 is 0.867 bits per heavy atom. The molecule has 0 amide bonds. The first-order chi connectivity index (χ1) is 7.30. The largest absolute Gasteiger partial charge is 0.0947 e. The average Bonchev–Trinajstić information content (AvgIpc) is 2.18. The summed E-state index contributed by atoms with van der Waals surface area (Å²) in [5.74, 6) is 0. The molecule has 0 bridgehead atoms. The number of rotatable bonds is 1. The van der Waals surface area contributed by atoms with E-state index in [1.54, 1.807) is 12.3 Å². The van der Waals surface area contributed by atoms with E-state index in [1.807, 2.05) is 0 Å². The van der Waals surface area contributed by atoms with Crippen molar-refractivity contribution in [3.63, 3.8) is 0 Å². The van der Waals surface area contributed by atoms with Crippen molar-refractivity contribution >= 4 is 23.8 Å². The molecule has 1 aliphatic heterocycles. The highest BCUT2D eigenvalue weighted by molar-refractivity contribution is 8.48. The van der Waals surface area contributed by atoms with Gasteiger partial charge in [-0.2, -0.15) is 0 Å². The van der Waals surface area contributed by atoms with Gasteiger partial charge < -0.3 is 0 Å². The first-order valence-corrected chi connectivity index (χ1v) is 12.2. The maximum Gasteiger partial charge on any atom is -0.0227 e. The maximum atomic E-state index is 2.45. The fourth-order valence-electron chi connectivity index (χ4n) is 1.98. The molecule has 0 N–H and O–H groups in total. The number of hydrogen-bond acceptors (Lipinski definition) is 0. The zero-order valence-corrected chi connectivity index (χ0v) is 13.3. The van der Waals surface area contributed by atoms with E-state index in [2.05, 4.69) is 13.8 Å². The van der Waals surface area contributed by atoms with E-state index in [9.17, 15) is 0 Å². The molecule has 0 aromatic carbocycles. The van der Waals surface area contributed by atoms with Crippen LogP contribution >= 0.6 is 23.8 Å². The number of hydrogen-bond donors (Lipinski definition) is 0. The second-order valence-corrected chi connectivity index (χ2v) is 13.8. The van der Waals surface area contributed by atoms with Gasteiger partial charge in [-0.05, 0) is 30.8 Å². The molecule has 0 aromatic heterocycles. The Morgan fingerprint density at radius 3 is 2.13 bits per heavy atom. The van der Waals surface area contributed by atoms with Gasteiger partial charge in [0.1, 0.15) is 0 Å². The monoisotopic (exact) mass is 264 g/mol. The van der Waals surface area contributed by atoms with Crippen molar-refractivity contribution in [1.82, 2.24) is 0 Å². The first kappa shape index (κ1) is 14.4. The molecule has 1 rings (SSSR count). The van der Waals surface area contributed by atoms with E-state index >= 15 is 0 Å². The molecule has 3 atom stereocenters. The van der Waals surface area contributed by atoms with E-state index in [0.717, 1.165) is 5.66 Å². The van der Waals surface area contributed by atoms with Gasteiger partial charge >= 0.3 is 0 Å². The fourth-order valence-corrected chi connectivity index (χ4v) is 13.4. The third-order valence-corrected chi connectivity index (χ3v) is 14.5. The Labute approximate surface area is 101 Å². The Hall–Kier alpha value is 1.29. The summed E-state index contributed by atoms with van der Waals surface area (Å²) in [7, 11) is 3.06. The van der Waals surface area contributed by atoms with Crippen LogP contribution in [0.5, 0.6) is 0 Å². The summed E-state index contributed by atoms with van der Waals surface area (Å²) in [5, 5.41) is 0. The Kier molecular flexibility index (Phi) is 8.93. The highest BCUT2D eigenvalue weighted by Gasteiger charge is 2.12. The van der Waals surface area contributed by atoms with Gasteiger partial charge in [0.2, 0.25) is 0 Å². The molecular weight excluding hydrogens is 237 g/mol. The van der Waals surface area contributed by atoms with Gasteiger partial charge in [0, 0.05) is 0 Å². The average molecular weight is 264 g/mol. The van der Waals surface area contributed by atoms with Crippen LogP contribution in [0.3, 0.4) is 0 Å². The van der Waals surface area contributed by atoms with Crippen LogP contribution < -0.4 is 0 Å². The third-order valence-electron chi connectivity index (χ3n) is 3.05. The zero-order valence-electron chi connectivity index (χ0n) is 10.4. The molecule has 1 saturated heterocycles. The molecule has 90 valence electrons. The van der Waals surface area contributed by atoms with Gasteiger partial charge in [-0.15, -0.1) is 0 Å². The Bertz CT molecular complexity index is 136. The molecule has 1 fully saturated rings. The summed E-state index contributed by atoms with van der Waals surface area (Å²) in [6.45, 7) is 4.91. The fraction of sp³-hybridized carbons (Fsp3) is 1.00. The minimum Gasteiger partial charge on any atom is -0.0947 e. The van der Waals surface area contributed by atoms with E-state index in [-0.39, 0.29) is 0 Å².